The summed E-state index contributed by atoms with van der Waals surface area (Å²) in [6.45, 7) is 0. The molecule has 0 unspecified atom stereocenters. The predicted octanol–water partition coefficient (Wildman–Crippen LogP) is 2.76. The Morgan fingerprint density at radius 1 is 1.09 bits per heavy atom. The minimum atomic E-state index is -3.84. The molecular formula is C16H16N2O4S. The van der Waals surface area contributed by atoms with Crippen molar-refractivity contribution in [1.29, 1.82) is 0 Å². The molecule has 0 heterocycles. The summed E-state index contributed by atoms with van der Waals surface area (Å²) in [6, 6.07) is 12.8. The van der Waals surface area contributed by atoms with Crippen molar-refractivity contribution in [3.8, 4) is 0 Å². The van der Waals surface area contributed by atoms with Gasteiger partial charge in [0, 0.05) is 17.4 Å². The fourth-order valence-corrected chi connectivity index (χ4v) is 3.25. The molecule has 120 valence electrons. The predicted molar refractivity (Wildman–Crippen MR) is 87.3 cm³/mol. The lowest BCUT2D eigenvalue weighted by Crippen LogP contribution is -2.15. The van der Waals surface area contributed by atoms with Gasteiger partial charge in [-0.1, -0.05) is 18.2 Å². The van der Waals surface area contributed by atoms with Crippen molar-refractivity contribution >= 4 is 27.4 Å². The molecule has 1 aliphatic carbocycles. The average Bonchev–Trinajstić information content (AvgIpc) is 3.32. The van der Waals surface area contributed by atoms with Crippen LogP contribution in [-0.2, 0) is 10.0 Å². The van der Waals surface area contributed by atoms with Crippen LogP contribution in [0.1, 0.15) is 23.2 Å². The van der Waals surface area contributed by atoms with Gasteiger partial charge in [0.1, 0.15) is 0 Å². The van der Waals surface area contributed by atoms with Crippen LogP contribution in [0.15, 0.2) is 53.4 Å². The van der Waals surface area contributed by atoms with Gasteiger partial charge in [-0.15, -0.1) is 0 Å². The number of aromatic carboxylic acids is 1. The van der Waals surface area contributed by atoms with Crippen LogP contribution in [0.5, 0.6) is 0 Å². The van der Waals surface area contributed by atoms with Crippen molar-refractivity contribution in [3.05, 3.63) is 54.1 Å². The highest BCUT2D eigenvalue weighted by atomic mass is 32.2. The number of para-hydroxylation sites is 1. The number of benzene rings is 2. The second-order valence-electron chi connectivity index (χ2n) is 5.40. The lowest BCUT2D eigenvalue weighted by atomic mass is 10.2. The van der Waals surface area contributed by atoms with Gasteiger partial charge in [-0.05, 0) is 43.2 Å². The zero-order chi connectivity index (χ0) is 16.4. The van der Waals surface area contributed by atoms with Gasteiger partial charge in [0.2, 0.25) is 0 Å². The lowest BCUT2D eigenvalue weighted by Gasteiger charge is -2.12. The zero-order valence-electron chi connectivity index (χ0n) is 12.2. The first kappa shape index (κ1) is 15.4. The zero-order valence-corrected chi connectivity index (χ0v) is 13.0. The summed E-state index contributed by atoms with van der Waals surface area (Å²) in [5.41, 5.74) is 0.816. The van der Waals surface area contributed by atoms with Crippen molar-refractivity contribution in [2.75, 3.05) is 10.0 Å². The molecule has 2 aromatic rings. The first-order valence-corrected chi connectivity index (χ1v) is 8.66. The summed E-state index contributed by atoms with van der Waals surface area (Å²) >= 11 is 0. The number of sulfonamides is 1. The third-order valence-corrected chi connectivity index (χ3v) is 4.87. The van der Waals surface area contributed by atoms with Gasteiger partial charge in [0.15, 0.2) is 0 Å². The van der Waals surface area contributed by atoms with E-state index in [1.165, 1.54) is 18.2 Å². The van der Waals surface area contributed by atoms with Crippen LogP contribution in [0.2, 0.25) is 0 Å². The second kappa shape index (κ2) is 5.92. The van der Waals surface area contributed by atoms with Gasteiger partial charge >= 0.3 is 5.97 Å². The van der Waals surface area contributed by atoms with E-state index < -0.39 is 16.0 Å². The molecule has 0 aliphatic heterocycles. The molecule has 7 heteroatoms. The first-order valence-electron chi connectivity index (χ1n) is 7.17. The Kier molecular flexibility index (Phi) is 3.96. The van der Waals surface area contributed by atoms with Gasteiger partial charge in [0.05, 0.1) is 10.5 Å². The molecule has 0 saturated heterocycles. The lowest BCUT2D eigenvalue weighted by molar-refractivity contribution is 0.0697. The third-order valence-electron chi connectivity index (χ3n) is 3.49. The van der Waals surface area contributed by atoms with E-state index in [0.717, 1.165) is 12.8 Å². The number of anilines is 2. The quantitative estimate of drug-likeness (QED) is 0.756. The van der Waals surface area contributed by atoms with E-state index in [1.54, 1.807) is 30.3 Å². The molecule has 0 atom stereocenters. The fraction of sp³-hybridized carbons (Fsp3) is 0.188. The molecule has 0 aromatic heterocycles. The number of hydrogen-bond donors (Lipinski definition) is 3. The molecule has 0 amide bonds. The minimum absolute atomic E-state index is 0.0483. The van der Waals surface area contributed by atoms with E-state index in [1.807, 2.05) is 0 Å². The smallest absolute Gasteiger partial charge is 0.337 e. The van der Waals surface area contributed by atoms with Gasteiger partial charge < -0.3 is 10.4 Å². The van der Waals surface area contributed by atoms with E-state index in [0.29, 0.717) is 11.4 Å². The second-order valence-corrected chi connectivity index (χ2v) is 7.09. The van der Waals surface area contributed by atoms with Gasteiger partial charge in [-0.25, -0.2) is 13.2 Å². The summed E-state index contributed by atoms with van der Waals surface area (Å²) in [5.74, 6) is -1.16. The Morgan fingerprint density at radius 3 is 2.39 bits per heavy atom. The average molecular weight is 332 g/mol. The summed E-state index contributed by atoms with van der Waals surface area (Å²) < 4.78 is 27.2. The largest absolute Gasteiger partial charge is 0.478 e. The van der Waals surface area contributed by atoms with Crippen molar-refractivity contribution in [2.45, 2.75) is 23.8 Å². The van der Waals surface area contributed by atoms with E-state index in [9.17, 15) is 18.3 Å². The van der Waals surface area contributed by atoms with Crippen LogP contribution in [-0.4, -0.2) is 25.5 Å². The van der Waals surface area contributed by atoms with E-state index >= 15 is 0 Å². The Balaban J connectivity index is 1.92. The topological polar surface area (TPSA) is 95.5 Å². The molecule has 3 N–H and O–H groups in total. The number of carboxylic acids is 1. The van der Waals surface area contributed by atoms with Gasteiger partial charge in [-0.3, -0.25) is 4.72 Å². The summed E-state index contributed by atoms with van der Waals surface area (Å²) in [7, 11) is -3.84. The molecule has 2 aromatic carbocycles. The Labute approximate surface area is 134 Å². The van der Waals surface area contributed by atoms with E-state index in [-0.39, 0.29) is 16.5 Å². The highest BCUT2D eigenvalue weighted by Crippen LogP contribution is 2.28. The fourth-order valence-electron chi connectivity index (χ4n) is 2.16. The van der Waals surface area contributed by atoms with Crippen molar-refractivity contribution < 1.29 is 18.3 Å². The molecule has 0 bridgehead atoms. The van der Waals surface area contributed by atoms with E-state index in [4.69, 9.17) is 0 Å². The highest BCUT2D eigenvalue weighted by molar-refractivity contribution is 7.92. The monoisotopic (exact) mass is 332 g/mol. The summed E-state index contributed by atoms with van der Waals surface area (Å²) in [6.07, 6.45) is 1.99. The first-order chi connectivity index (χ1) is 11.0. The molecule has 0 spiro atoms. The molecule has 0 radical (unpaired) electrons. The molecule has 1 aliphatic rings. The number of hydrogen-bond acceptors (Lipinski definition) is 4. The van der Waals surface area contributed by atoms with E-state index in [2.05, 4.69) is 10.0 Å². The van der Waals surface area contributed by atoms with Crippen LogP contribution in [0.3, 0.4) is 0 Å². The number of carbonyl (C=O) groups is 1. The standard InChI is InChI=1S/C16H16N2O4S/c19-16(20)14-10-13(8-9-15(14)17-11-6-7-11)23(21,22)18-12-4-2-1-3-5-12/h1-5,8-11,17-18H,6-7H2,(H,19,20). The third kappa shape index (κ3) is 3.62. The normalized spacial score (nSPS) is 14.3. The minimum Gasteiger partial charge on any atom is -0.478 e. The van der Waals surface area contributed by atoms with Crippen molar-refractivity contribution in [1.82, 2.24) is 0 Å². The van der Waals surface area contributed by atoms with Crippen LogP contribution in [0.4, 0.5) is 11.4 Å². The Hall–Kier alpha value is -2.54. The van der Waals surface area contributed by atoms with Crippen LogP contribution >= 0.6 is 0 Å². The summed E-state index contributed by atoms with van der Waals surface area (Å²) in [5, 5.41) is 12.4. The number of rotatable bonds is 6. The van der Waals surface area contributed by atoms with Crippen molar-refractivity contribution in [2.24, 2.45) is 0 Å². The number of nitrogens with one attached hydrogen (secondary N) is 2. The highest BCUT2D eigenvalue weighted by Gasteiger charge is 2.24. The Bertz CT molecular complexity index is 830. The van der Waals surface area contributed by atoms with Crippen LogP contribution < -0.4 is 10.0 Å². The molecule has 1 fully saturated rings. The number of carboxylic acid groups (broad SMARTS) is 1. The van der Waals surface area contributed by atoms with Gasteiger partial charge in [0.25, 0.3) is 10.0 Å². The molecule has 23 heavy (non-hydrogen) atoms. The molecule has 3 rings (SSSR count). The van der Waals surface area contributed by atoms with Crippen molar-refractivity contribution in [3.63, 3.8) is 0 Å². The van der Waals surface area contributed by atoms with Crippen LogP contribution in [0.25, 0.3) is 0 Å². The summed E-state index contributed by atoms with van der Waals surface area (Å²) in [4.78, 5) is 11.3. The molecular weight excluding hydrogens is 316 g/mol. The van der Waals surface area contributed by atoms with Crippen LogP contribution in [0, 0.1) is 0 Å². The SMILES string of the molecule is O=C(O)c1cc(S(=O)(=O)Nc2ccccc2)ccc1NC1CC1. The maximum absolute atomic E-state index is 12.4. The Morgan fingerprint density at radius 2 is 1.78 bits per heavy atom. The maximum atomic E-state index is 12.4. The molecule has 6 nitrogen and oxygen atoms in total. The van der Waals surface area contributed by atoms with Gasteiger partial charge in [-0.2, -0.15) is 0 Å². The maximum Gasteiger partial charge on any atom is 0.337 e. The molecule has 1 saturated carbocycles.